The molecule has 0 aliphatic carbocycles. The molecule has 1 unspecified atom stereocenters. The minimum atomic E-state index is -0.898. The van der Waals surface area contributed by atoms with Crippen LogP contribution in [0.2, 0.25) is 0 Å². The number of hydrogen-bond acceptors (Lipinski definition) is 8. The van der Waals surface area contributed by atoms with Crippen LogP contribution < -0.4 is 14.8 Å². The van der Waals surface area contributed by atoms with Gasteiger partial charge in [-0.25, -0.2) is 0 Å². The molecule has 0 saturated heterocycles. The van der Waals surface area contributed by atoms with Gasteiger partial charge in [0.15, 0.2) is 17.8 Å². The van der Waals surface area contributed by atoms with E-state index in [1.807, 2.05) is 13.8 Å². The molecule has 176 valence electrons. The molecule has 2 N–H and O–H groups in total. The fourth-order valence-electron chi connectivity index (χ4n) is 3.31. The number of nitrogens with zero attached hydrogens (tertiary/aromatic N) is 2. The number of nitrogens with one attached hydrogen (secondary N) is 1. The number of aldehydes is 1. The molecule has 1 aromatic heterocycles. The topological polar surface area (TPSA) is 111 Å². The van der Waals surface area contributed by atoms with Crippen molar-refractivity contribution in [2.45, 2.75) is 32.9 Å². The fraction of sp³-hybridized carbons (Fsp3) is 0.231. The fourth-order valence-corrected chi connectivity index (χ4v) is 3.31. The molecule has 1 heterocycles. The molecule has 34 heavy (non-hydrogen) atoms. The van der Waals surface area contributed by atoms with Gasteiger partial charge < -0.3 is 19.9 Å². The first kappa shape index (κ1) is 24.4. The molecule has 2 aromatic carbocycles. The highest BCUT2D eigenvalue weighted by Gasteiger charge is 2.28. The van der Waals surface area contributed by atoms with E-state index in [4.69, 9.17) is 9.47 Å². The molecule has 0 radical (unpaired) electrons. The van der Waals surface area contributed by atoms with Gasteiger partial charge in [-0.1, -0.05) is 12.1 Å². The van der Waals surface area contributed by atoms with Crippen molar-refractivity contribution in [2.75, 3.05) is 12.4 Å². The number of aliphatic hydroxyl groups is 1. The lowest BCUT2D eigenvalue weighted by atomic mass is 9.91. The van der Waals surface area contributed by atoms with Crippen LogP contribution in [-0.2, 0) is 4.79 Å². The van der Waals surface area contributed by atoms with Crippen LogP contribution in [0, 0.1) is 6.92 Å². The summed E-state index contributed by atoms with van der Waals surface area (Å²) in [6, 6.07) is 16.0. The predicted molar refractivity (Wildman–Crippen MR) is 128 cm³/mol. The van der Waals surface area contributed by atoms with E-state index >= 15 is 0 Å². The minimum Gasteiger partial charge on any atom is -0.504 e. The Morgan fingerprint density at radius 1 is 0.971 bits per heavy atom. The van der Waals surface area contributed by atoms with Crippen molar-refractivity contribution in [3.05, 3.63) is 88.8 Å². The van der Waals surface area contributed by atoms with Gasteiger partial charge in [0.1, 0.15) is 17.3 Å². The molecule has 0 amide bonds. The normalized spacial score (nSPS) is 12.5. The van der Waals surface area contributed by atoms with E-state index in [0.717, 1.165) is 5.69 Å². The summed E-state index contributed by atoms with van der Waals surface area (Å²) < 4.78 is 10.9. The van der Waals surface area contributed by atoms with Gasteiger partial charge in [-0.2, -0.15) is 5.10 Å². The Morgan fingerprint density at radius 2 is 1.62 bits per heavy atom. The van der Waals surface area contributed by atoms with E-state index in [9.17, 15) is 14.7 Å². The molecule has 0 aliphatic rings. The quantitative estimate of drug-likeness (QED) is 0.195. The zero-order valence-corrected chi connectivity index (χ0v) is 19.5. The van der Waals surface area contributed by atoms with Crippen LogP contribution in [-0.4, -0.2) is 40.6 Å². The monoisotopic (exact) mass is 461 g/mol. The molecule has 1 atom stereocenters. The van der Waals surface area contributed by atoms with Crippen molar-refractivity contribution in [1.82, 2.24) is 10.2 Å². The molecule has 0 bridgehead atoms. The Kier molecular flexibility index (Phi) is 7.97. The Hall–Kier alpha value is -4.20. The summed E-state index contributed by atoms with van der Waals surface area (Å²) in [6.45, 7) is 5.65. The van der Waals surface area contributed by atoms with Gasteiger partial charge in [0.05, 0.1) is 30.5 Å². The summed E-state index contributed by atoms with van der Waals surface area (Å²) in [5.41, 5.74) is 1.49. The molecule has 8 nitrogen and oxygen atoms in total. The van der Waals surface area contributed by atoms with Gasteiger partial charge in [0, 0.05) is 5.56 Å². The number of carbonyl (C=O) groups is 2. The van der Waals surface area contributed by atoms with Crippen LogP contribution in [0.4, 0.5) is 5.82 Å². The number of rotatable bonds is 10. The van der Waals surface area contributed by atoms with Crippen molar-refractivity contribution < 1.29 is 24.2 Å². The lowest BCUT2D eigenvalue weighted by molar-refractivity contribution is -0.107. The molecule has 8 heteroatoms. The van der Waals surface area contributed by atoms with Crippen molar-refractivity contribution in [3.63, 3.8) is 0 Å². The lowest BCUT2D eigenvalue weighted by Crippen LogP contribution is -2.22. The number of ketones is 1. The van der Waals surface area contributed by atoms with Crippen LogP contribution >= 0.6 is 0 Å². The SMILES string of the molecule is COc1ccc(C(=O)/C(=C(\O)C=O)C(Nc2ccc(C)nn2)c2ccc(OC(C)C)cc2)cc1. The minimum absolute atomic E-state index is 0.00572. The van der Waals surface area contributed by atoms with Crippen molar-refractivity contribution in [2.24, 2.45) is 0 Å². The Bertz CT molecular complexity index is 1150. The van der Waals surface area contributed by atoms with Crippen LogP contribution in [0.3, 0.4) is 0 Å². The maximum atomic E-state index is 13.5. The second-order valence-electron chi connectivity index (χ2n) is 7.85. The second kappa shape index (κ2) is 11.1. The number of anilines is 1. The zero-order valence-electron chi connectivity index (χ0n) is 19.5. The molecule has 3 rings (SSSR count). The number of hydrogen-bond donors (Lipinski definition) is 2. The second-order valence-corrected chi connectivity index (χ2v) is 7.85. The number of aliphatic hydroxyl groups excluding tert-OH is 1. The van der Waals surface area contributed by atoms with Crippen LogP contribution in [0.1, 0.15) is 41.5 Å². The summed E-state index contributed by atoms with van der Waals surface area (Å²) >= 11 is 0. The third kappa shape index (κ3) is 5.98. The summed E-state index contributed by atoms with van der Waals surface area (Å²) in [5, 5.41) is 21.8. The van der Waals surface area contributed by atoms with Crippen molar-refractivity contribution in [1.29, 1.82) is 0 Å². The average molecular weight is 462 g/mol. The largest absolute Gasteiger partial charge is 0.504 e. The average Bonchev–Trinajstić information content (AvgIpc) is 2.84. The third-order valence-electron chi connectivity index (χ3n) is 4.95. The predicted octanol–water partition coefficient (Wildman–Crippen LogP) is 4.63. The third-order valence-corrected chi connectivity index (χ3v) is 4.95. The highest BCUT2D eigenvalue weighted by molar-refractivity contribution is 6.12. The van der Waals surface area contributed by atoms with Crippen molar-refractivity contribution >= 4 is 17.9 Å². The van der Waals surface area contributed by atoms with E-state index in [2.05, 4.69) is 15.5 Å². The van der Waals surface area contributed by atoms with Crippen LogP contribution in [0.5, 0.6) is 11.5 Å². The molecular formula is C26H27N3O5. The van der Waals surface area contributed by atoms with Gasteiger partial charge in [-0.15, -0.1) is 5.10 Å². The van der Waals surface area contributed by atoms with Gasteiger partial charge >= 0.3 is 0 Å². The number of benzene rings is 2. The van der Waals surface area contributed by atoms with E-state index in [1.54, 1.807) is 67.6 Å². The maximum absolute atomic E-state index is 13.5. The van der Waals surface area contributed by atoms with Gasteiger partial charge in [-0.3, -0.25) is 9.59 Å². The summed E-state index contributed by atoms with van der Waals surface area (Å²) in [4.78, 5) is 25.1. The Labute approximate surface area is 198 Å². The van der Waals surface area contributed by atoms with Gasteiger partial charge in [-0.05, 0) is 74.9 Å². The molecule has 3 aromatic rings. The lowest BCUT2D eigenvalue weighted by Gasteiger charge is -2.23. The first-order valence-corrected chi connectivity index (χ1v) is 10.7. The van der Waals surface area contributed by atoms with Crippen LogP contribution in [0.25, 0.3) is 0 Å². The molecule has 0 spiro atoms. The number of allylic oxidation sites excluding steroid dienone is 1. The molecule has 0 saturated carbocycles. The smallest absolute Gasteiger partial charge is 0.195 e. The summed E-state index contributed by atoms with van der Waals surface area (Å²) in [7, 11) is 1.52. The van der Waals surface area contributed by atoms with Gasteiger partial charge in [0.25, 0.3) is 0 Å². The summed E-state index contributed by atoms with van der Waals surface area (Å²) in [6.07, 6.45) is 0.247. The number of aromatic nitrogens is 2. The van der Waals surface area contributed by atoms with Gasteiger partial charge in [0.2, 0.25) is 0 Å². The maximum Gasteiger partial charge on any atom is 0.195 e. The van der Waals surface area contributed by atoms with E-state index in [0.29, 0.717) is 22.9 Å². The zero-order chi connectivity index (χ0) is 24.7. The number of carbonyl (C=O) groups excluding carboxylic acids is 2. The van der Waals surface area contributed by atoms with E-state index in [-0.39, 0.29) is 23.5 Å². The molecule has 0 aliphatic heterocycles. The number of aryl methyl sites for hydroxylation is 1. The van der Waals surface area contributed by atoms with E-state index < -0.39 is 17.6 Å². The molecule has 0 fully saturated rings. The van der Waals surface area contributed by atoms with Crippen molar-refractivity contribution in [3.8, 4) is 11.5 Å². The number of Topliss-reactive ketones (excluding diaryl/α,β-unsaturated/α-hetero) is 1. The summed E-state index contributed by atoms with van der Waals surface area (Å²) in [5.74, 6) is 0.399. The standard InChI is InChI=1S/C26H27N3O5/c1-16(2)34-21-12-6-18(7-13-21)25(27-23-14-5-17(3)28-29-23)24(22(31)15-30)26(32)19-8-10-20(33-4)11-9-19/h5-16,25,31H,1-4H3,(H,27,29)/b24-22-. The number of ether oxygens (including phenoxy) is 2. The Balaban J connectivity index is 2.08. The highest BCUT2D eigenvalue weighted by Crippen LogP contribution is 2.31. The van der Waals surface area contributed by atoms with E-state index in [1.165, 1.54) is 7.11 Å². The Morgan fingerprint density at radius 3 is 2.15 bits per heavy atom. The first-order chi connectivity index (χ1) is 16.3. The number of methoxy groups -OCH3 is 1. The van der Waals surface area contributed by atoms with Crippen LogP contribution in [0.15, 0.2) is 72.0 Å². The molecular weight excluding hydrogens is 434 g/mol. The highest BCUT2D eigenvalue weighted by atomic mass is 16.5. The first-order valence-electron chi connectivity index (χ1n) is 10.7.